The van der Waals surface area contributed by atoms with Gasteiger partial charge in [0.05, 0.1) is 5.56 Å². The van der Waals surface area contributed by atoms with Gasteiger partial charge in [-0.15, -0.1) is 0 Å². The summed E-state index contributed by atoms with van der Waals surface area (Å²) in [5, 5.41) is 5.28. The van der Waals surface area contributed by atoms with Crippen LogP contribution in [0.5, 0.6) is 0 Å². The van der Waals surface area contributed by atoms with Gasteiger partial charge in [-0.1, -0.05) is 24.6 Å². The SMILES string of the molecule is CC1=C(NC(=O)NCc2cccc(C(F)(F)F)c2)CC1C. The Morgan fingerprint density at radius 1 is 1.38 bits per heavy atom. The number of hydrogen-bond acceptors (Lipinski definition) is 1. The van der Waals surface area contributed by atoms with Gasteiger partial charge in [0.2, 0.25) is 0 Å². The Balaban J connectivity index is 1.90. The lowest BCUT2D eigenvalue weighted by atomic mass is 9.84. The van der Waals surface area contributed by atoms with Gasteiger partial charge in [0.25, 0.3) is 0 Å². The molecule has 2 rings (SSSR count). The van der Waals surface area contributed by atoms with Gasteiger partial charge < -0.3 is 10.6 Å². The van der Waals surface area contributed by atoms with Crippen LogP contribution in [0.15, 0.2) is 35.5 Å². The summed E-state index contributed by atoms with van der Waals surface area (Å²) in [6, 6.07) is 4.53. The van der Waals surface area contributed by atoms with Crippen molar-refractivity contribution in [3.63, 3.8) is 0 Å². The summed E-state index contributed by atoms with van der Waals surface area (Å²) in [6.07, 6.45) is -3.55. The smallest absolute Gasteiger partial charge is 0.334 e. The van der Waals surface area contributed by atoms with Crippen LogP contribution in [0, 0.1) is 5.92 Å². The zero-order valence-electron chi connectivity index (χ0n) is 11.8. The molecule has 1 aliphatic carbocycles. The highest BCUT2D eigenvalue weighted by atomic mass is 19.4. The van der Waals surface area contributed by atoms with E-state index in [0.29, 0.717) is 11.5 Å². The van der Waals surface area contributed by atoms with Crippen LogP contribution < -0.4 is 10.6 Å². The minimum atomic E-state index is -4.37. The molecule has 0 radical (unpaired) electrons. The molecule has 2 N–H and O–H groups in total. The first kappa shape index (κ1) is 15.4. The maximum absolute atomic E-state index is 12.6. The molecule has 0 aliphatic heterocycles. The minimum Gasteiger partial charge on any atom is -0.334 e. The quantitative estimate of drug-likeness (QED) is 0.875. The molecule has 3 nitrogen and oxygen atoms in total. The average molecular weight is 298 g/mol. The lowest BCUT2D eigenvalue weighted by Crippen LogP contribution is -2.38. The molecule has 0 heterocycles. The fraction of sp³-hybridized carbons (Fsp3) is 0.400. The summed E-state index contributed by atoms with van der Waals surface area (Å²) >= 11 is 0. The molecule has 2 amide bonds. The minimum absolute atomic E-state index is 0.0532. The van der Waals surface area contributed by atoms with Crippen LogP contribution in [0.3, 0.4) is 0 Å². The van der Waals surface area contributed by atoms with Crippen molar-refractivity contribution in [2.45, 2.75) is 33.0 Å². The molecule has 0 spiro atoms. The Labute approximate surface area is 121 Å². The van der Waals surface area contributed by atoms with Crippen molar-refractivity contribution < 1.29 is 18.0 Å². The molecular weight excluding hydrogens is 281 g/mol. The van der Waals surface area contributed by atoms with Crippen molar-refractivity contribution in [2.24, 2.45) is 5.92 Å². The Morgan fingerprint density at radius 3 is 2.67 bits per heavy atom. The van der Waals surface area contributed by atoms with Crippen LogP contribution >= 0.6 is 0 Å². The number of halogens is 3. The molecule has 0 aromatic heterocycles. The van der Waals surface area contributed by atoms with E-state index in [1.165, 1.54) is 6.07 Å². The number of allylic oxidation sites excluding steroid dienone is 2. The molecule has 0 saturated carbocycles. The van der Waals surface area contributed by atoms with Crippen molar-refractivity contribution in [2.75, 3.05) is 0 Å². The summed E-state index contributed by atoms with van der Waals surface area (Å²) in [5.74, 6) is 0.476. The van der Waals surface area contributed by atoms with Crippen molar-refractivity contribution in [1.29, 1.82) is 0 Å². The number of alkyl halides is 3. The number of urea groups is 1. The number of amides is 2. The van der Waals surface area contributed by atoms with Gasteiger partial charge in [-0.2, -0.15) is 13.2 Å². The summed E-state index contributed by atoms with van der Waals surface area (Å²) < 4.78 is 37.7. The van der Waals surface area contributed by atoms with Crippen molar-refractivity contribution >= 4 is 6.03 Å². The van der Waals surface area contributed by atoms with Crippen molar-refractivity contribution in [3.8, 4) is 0 Å². The van der Waals surface area contributed by atoms with Crippen LogP contribution in [0.2, 0.25) is 0 Å². The molecule has 1 atom stereocenters. The van der Waals surface area contributed by atoms with Crippen LogP contribution in [0.4, 0.5) is 18.0 Å². The Morgan fingerprint density at radius 2 is 2.10 bits per heavy atom. The van der Waals surface area contributed by atoms with E-state index in [1.54, 1.807) is 6.07 Å². The second-order valence-corrected chi connectivity index (χ2v) is 5.27. The summed E-state index contributed by atoms with van der Waals surface area (Å²) in [6.45, 7) is 4.08. The highest BCUT2D eigenvalue weighted by Gasteiger charge is 2.30. The van der Waals surface area contributed by atoms with Crippen LogP contribution in [0.25, 0.3) is 0 Å². The molecule has 0 bridgehead atoms. The second kappa shape index (κ2) is 5.79. The van der Waals surface area contributed by atoms with E-state index >= 15 is 0 Å². The van der Waals surface area contributed by atoms with Crippen LogP contribution in [0.1, 0.15) is 31.4 Å². The van der Waals surface area contributed by atoms with Gasteiger partial charge in [-0.05, 0) is 37.0 Å². The molecule has 6 heteroatoms. The van der Waals surface area contributed by atoms with E-state index in [2.05, 4.69) is 17.6 Å². The summed E-state index contributed by atoms with van der Waals surface area (Å²) in [5.41, 5.74) is 1.73. The summed E-state index contributed by atoms with van der Waals surface area (Å²) in [7, 11) is 0. The molecular formula is C15H17F3N2O. The Bertz CT molecular complexity index is 579. The third-order valence-corrected chi connectivity index (χ3v) is 3.70. The zero-order valence-corrected chi connectivity index (χ0v) is 11.8. The van der Waals surface area contributed by atoms with E-state index in [9.17, 15) is 18.0 Å². The first-order valence-electron chi connectivity index (χ1n) is 6.68. The molecule has 21 heavy (non-hydrogen) atoms. The molecule has 0 saturated heterocycles. The first-order valence-corrected chi connectivity index (χ1v) is 6.68. The molecule has 1 aliphatic rings. The van der Waals surface area contributed by atoms with E-state index in [4.69, 9.17) is 0 Å². The van der Waals surface area contributed by atoms with Gasteiger partial charge in [-0.3, -0.25) is 0 Å². The van der Waals surface area contributed by atoms with E-state index in [1.807, 2.05) is 6.92 Å². The van der Waals surface area contributed by atoms with Gasteiger partial charge >= 0.3 is 12.2 Å². The molecule has 1 unspecified atom stereocenters. The molecule has 114 valence electrons. The summed E-state index contributed by atoms with van der Waals surface area (Å²) in [4.78, 5) is 11.7. The van der Waals surface area contributed by atoms with Gasteiger partial charge in [0.1, 0.15) is 0 Å². The monoisotopic (exact) mass is 298 g/mol. The fourth-order valence-electron chi connectivity index (χ4n) is 2.16. The normalized spacial score (nSPS) is 18.2. The number of carbonyl (C=O) groups is 1. The lowest BCUT2D eigenvalue weighted by Gasteiger charge is -2.28. The lowest BCUT2D eigenvalue weighted by molar-refractivity contribution is -0.137. The van der Waals surface area contributed by atoms with Gasteiger partial charge in [0.15, 0.2) is 0 Å². The topological polar surface area (TPSA) is 41.1 Å². The fourth-order valence-corrected chi connectivity index (χ4v) is 2.16. The largest absolute Gasteiger partial charge is 0.416 e. The Hall–Kier alpha value is -1.98. The maximum atomic E-state index is 12.6. The highest BCUT2D eigenvalue weighted by Crippen LogP contribution is 2.31. The third kappa shape index (κ3) is 3.77. The Kier molecular flexibility index (Phi) is 4.25. The zero-order chi connectivity index (χ0) is 15.6. The van der Waals surface area contributed by atoms with Crippen molar-refractivity contribution in [1.82, 2.24) is 10.6 Å². The van der Waals surface area contributed by atoms with E-state index in [-0.39, 0.29) is 6.54 Å². The van der Waals surface area contributed by atoms with Crippen LogP contribution in [-0.2, 0) is 12.7 Å². The molecule has 0 fully saturated rings. The maximum Gasteiger partial charge on any atom is 0.416 e. The van der Waals surface area contributed by atoms with E-state index < -0.39 is 17.8 Å². The number of carbonyl (C=O) groups excluding carboxylic acids is 1. The molecule has 1 aromatic rings. The van der Waals surface area contributed by atoms with Crippen LogP contribution in [-0.4, -0.2) is 6.03 Å². The number of hydrogen-bond donors (Lipinski definition) is 2. The number of benzene rings is 1. The van der Waals surface area contributed by atoms with Gasteiger partial charge in [0, 0.05) is 12.2 Å². The average Bonchev–Trinajstić information content (AvgIpc) is 2.44. The van der Waals surface area contributed by atoms with Crippen molar-refractivity contribution in [3.05, 3.63) is 46.7 Å². The number of rotatable bonds is 3. The standard InChI is InChI=1S/C15H17F3N2O/c1-9-6-13(10(9)2)20-14(21)19-8-11-4-3-5-12(7-11)15(16,17)18/h3-5,7,9H,6,8H2,1-2H3,(H2,19,20,21). The second-order valence-electron chi connectivity index (χ2n) is 5.27. The van der Waals surface area contributed by atoms with Gasteiger partial charge in [-0.25, -0.2) is 4.79 Å². The third-order valence-electron chi connectivity index (χ3n) is 3.70. The molecule has 1 aromatic carbocycles. The first-order chi connectivity index (χ1) is 9.77. The highest BCUT2D eigenvalue weighted by molar-refractivity contribution is 5.76. The number of nitrogens with one attached hydrogen (secondary N) is 2. The van der Waals surface area contributed by atoms with E-state index in [0.717, 1.165) is 29.8 Å². The predicted molar refractivity (Wildman–Crippen MR) is 73.3 cm³/mol. The predicted octanol–water partition coefficient (Wildman–Crippen LogP) is 3.82.